The first-order chi connectivity index (χ1) is 8.06. The SMILES string of the molecule is Cc1cc(F)ccc1Nc1ncc(Br)cc1C. The van der Waals surface area contributed by atoms with Crippen LogP contribution in [-0.4, -0.2) is 4.98 Å². The molecule has 1 N–H and O–H groups in total. The van der Waals surface area contributed by atoms with Crippen LogP contribution in [0, 0.1) is 19.7 Å². The molecule has 0 bridgehead atoms. The Morgan fingerprint density at radius 1 is 1.18 bits per heavy atom. The van der Waals surface area contributed by atoms with Gasteiger partial charge < -0.3 is 5.32 Å². The highest BCUT2D eigenvalue weighted by Crippen LogP contribution is 2.23. The van der Waals surface area contributed by atoms with Gasteiger partial charge in [0.15, 0.2) is 0 Å². The summed E-state index contributed by atoms with van der Waals surface area (Å²) in [4.78, 5) is 4.28. The standard InChI is InChI=1S/C13H12BrFN2/c1-8-6-11(15)3-4-12(8)17-13-9(2)5-10(14)7-16-13/h3-7H,1-2H3,(H,16,17). The Labute approximate surface area is 108 Å². The van der Waals surface area contributed by atoms with Crippen molar-refractivity contribution in [2.45, 2.75) is 13.8 Å². The van der Waals surface area contributed by atoms with Crippen LogP contribution >= 0.6 is 15.9 Å². The van der Waals surface area contributed by atoms with Crippen LogP contribution in [0.3, 0.4) is 0 Å². The van der Waals surface area contributed by atoms with Crippen LogP contribution in [0.5, 0.6) is 0 Å². The first kappa shape index (κ1) is 12.0. The van der Waals surface area contributed by atoms with E-state index in [2.05, 4.69) is 26.2 Å². The van der Waals surface area contributed by atoms with E-state index in [4.69, 9.17) is 0 Å². The van der Waals surface area contributed by atoms with E-state index in [-0.39, 0.29) is 5.82 Å². The van der Waals surface area contributed by atoms with Gasteiger partial charge in [-0.1, -0.05) is 0 Å². The minimum absolute atomic E-state index is 0.228. The molecule has 0 amide bonds. The van der Waals surface area contributed by atoms with Crippen LogP contribution in [-0.2, 0) is 0 Å². The molecule has 0 fully saturated rings. The quantitative estimate of drug-likeness (QED) is 0.891. The van der Waals surface area contributed by atoms with Gasteiger partial charge in [-0.05, 0) is 65.2 Å². The van der Waals surface area contributed by atoms with Crippen molar-refractivity contribution < 1.29 is 4.39 Å². The second-order valence-corrected chi connectivity index (χ2v) is 4.82. The van der Waals surface area contributed by atoms with Crippen LogP contribution in [0.15, 0.2) is 34.9 Å². The fourth-order valence-electron chi connectivity index (χ4n) is 1.57. The molecule has 1 heterocycles. The molecule has 0 aliphatic heterocycles. The van der Waals surface area contributed by atoms with Crippen LogP contribution in [0.1, 0.15) is 11.1 Å². The summed E-state index contributed by atoms with van der Waals surface area (Å²) in [5.74, 6) is 0.552. The zero-order valence-corrected chi connectivity index (χ0v) is 11.2. The number of anilines is 2. The van der Waals surface area contributed by atoms with E-state index in [0.717, 1.165) is 27.1 Å². The lowest BCUT2D eigenvalue weighted by atomic mass is 10.2. The highest BCUT2D eigenvalue weighted by Gasteiger charge is 2.04. The van der Waals surface area contributed by atoms with E-state index >= 15 is 0 Å². The van der Waals surface area contributed by atoms with Crippen LogP contribution < -0.4 is 5.32 Å². The van der Waals surface area contributed by atoms with Crippen LogP contribution in [0.2, 0.25) is 0 Å². The summed E-state index contributed by atoms with van der Waals surface area (Å²) in [7, 11) is 0. The van der Waals surface area contributed by atoms with Gasteiger partial charge in [0, 0.05) is 16.4 Å². The van der Waals surface area contributed by atoms with Crippen molar-refractivity contribution >= 4 is 27.4 Å². The third-order valence-corrected chi connectivity index (χ3v) is 2.92. The van der Waals surface area contributed by atoms with Gasteiger partial charge in [-0.15, -0.1) is 0 Å². The maximum absolute atomic E-state index is 13.0. The third kappa shape index (κ3) is 2.82. The molecular weight excluding hydrogens is 283 g/mol. The van der Waals surface area contributed by atoms with Gasteiger partial charge in [0.2, 0.25) is 0 Å². The first-order valence-corrected chi connectivity index (χ1v) is 6.01. The molecule has 2 nitrogen and oxygen atoms in total. The smallest absolute Gasteiger partial charge is 0.133 e. The molecule has 4 heteroatoms. The molecule has 1 aromatic carbocycles. The number of aryl methyl sites for hydroxylation is 2. The number of halogens is 2. The van der Waals surface area contributed by atoms with Crippen LogP contribution in [0.25, 0.3) is 0 Å². The highest BCUT2D eigenvalue weighted by molar-refractivity contribution is 9.10. The number of hydrogen-bond acceptors (Lipinski definition) is 2. The number of aromatic nitrogens is 1. The number of nitrogens with zero attached hydrogens (tertiary/aromatic N) is 1. The number of benzene rings is 1. The molecule has 88 valence electrons. The average Bonchev–Trinajstić information content (AvgIpc) is 2.25. The zero-order valence-electron chi connectivity index (χ0n) is 9.59. The van der Waals surface area contributed by atoms with Gasteiger partial charge in [-0.25, -0.2) is 9.37 Å². The van der Waals surface area contributed by atoms with E-state index in [1.807, 2.05) is 19.9 Å². The van der Waals surface area contributed by atoms with E-state index in [0.29, 0.717) is 0 Å². The predicted molar refractivity (Wildman–Crippen MR) is 71.1 cm³/mol. The largest absolute Gasteiger partial charge is 0.340 e. The topological polar surface area (TPSA) is 24.9 Å². The minimum atomic E-state index is -0.228. The summed E-state index contributed by atoms with van der Waals surface area (Å²) in [6.07, 6.45) is 1.73. The fraction of sp³-hybridized carbons (Fsp3) is 0.154. The van der Waals surface area contributed by atoms with Gasteiger partial charge in [-0.3, -0.25) is 0 Å². The molecule has 0 saturated heterocycles. The molecule has 0 spiro atoms. The fourth-order valence-corrected chi connectivity index (χ4v) is 2.01. The van der Waals surface area contributed by atoms with Crippen molar-refractivity contribution in [3.05, 3.63) is 51.9 Å². The van der Waals surface area contributed by atoms with E-state index in [1.54, 1.807) is 12.3 Å². The normalized spacial score (nSPS) is 10.4. The molecule has 1 aromatic heterocycles. The lowest BCUT2D eigenvalue weighted by Gasteiger charge is -2.11. The van der Waals surface area contributed by atoms with Gasteiger partial charge in [0.1, 0.15) is 11.6 Å². The zero-order chi connectivity index (χ0) is 12.4. The number of rotatable bonds is 2. The molecule has 2 aromatic rings. The molecular formula is C13H12BrFN2. The van der Waals surface area contributed by atoms with Crippen molar-refractivity contribution in [3.63, 3.8) is 0 Å². The number of pyridine rings is 1. The number of nitrogens with one attached hydrogen (secondary N) is 1. The Bertz CT molecular complexity index is 506. The van der Waals surface area contributed by atoms with E-state index in [9.17, 15) is 4.39 Å². The van der Waals surface area contributed by atoms with Crippen molar-refractivity contribution in [3.8, 4) is 0 Å². The summed E-state index contributed by atoms with van der Waals surface area (Å²) >= 11 is 3.37. The Hall–Kier alpha value is -1.42. The molecule has 0 unspecified atom stereocenters. The van der Waals surface area contributed by atoms with Gasteiger partial charge in [-0.2, -0.15) is 0 Å². The Kier molecular flexibility index (Phi) is 3.43. The lowest BCUT2D eigenvalue weighted by molar-refractivity contribution is 0.627. The first-order valence-electron chi connectivity index (χ1n) is 5.21. The maximum Gasteiger partial charge on any atom is 0.133 e. The Morgan fingerprint density at radius 3 is 2.59 bits per heavy atom. The van der Waals surface area contributed by atoms with Crippen molar-refractivity contribution in [1.29, 1.82) is 0 Å². The summed E-state index contributed by atoms with van der Waals surface area (Å²) in [6.45, 7) is 3.83. The second kappa shape index (κ2) is 4.84. The summed E-state index contributed by atoms with van der Waals surface area (Å²) in [5.41, 5.74) is 2.75. The van der Waals surface area contributed by atoms with Gasteiger partial charge >= 0.3 is 0 Å². The maximum atomic E-state index is 13.0. The molecule has 0 saturated carbocycles. The summed E-state index contributed by atoms with van der Waals surface area (Å²) in [6, 6.07) is 6.63. The van der Waals surface area contributed by atoms with Crippen LogP contribution in [0.4, 0.5) is 15.9 Å². The van der Waals surface area contributed by atoms with Gasteiger partial charge in [0.05, 0.1) is 0 Å². The third-order valence-electron chi connectivity index (χ3n) is 2.49. The molecule has 0 atom stereocenters. The van der Waals surface area contributed by atoms with Crippen molar-refractivity contribution in [2.24, 2.45) is 0 Å². The Morgan fingerprint density at radius 2 is 1.94 bits per heavy atom. The molecule has 2 rings (SSSR count). The summed E-state index contributed by atoms with van der Waals surface area (Å²) in [5, 5.41) is 3.20. The monoisotopic (exact) mass is 294 g/mol. The summed E-state index contributed by atoms with van der Waals surface area (Å²) < 4.78 is 13.9. The molecule has 0 aliphatic rings. The van der Waals surface area contributed by atoms with E-state index < -0.39 is 0 Å². The van der Waals surface area contributed by atoms with Crippen molar-refractivity contribution in [1.82, 2.24) is 4.98 Å². The lowest BCUT2D eigenvalue weighted by Crippen LogP contribution is -1.98. The molecule has 0 aliphatic carbocycles. The molecule has 17 heavy (non-hydrogen) atoms. The Balaban J connectivity index is 2.31. The van der Waals surface area contributed by atoms with Crippen molar-refractivity contribution in [2.75, 3.05) is 5.32 Å². The van der Waals surface area contributed by atoms with Gasteiger partial charge in [0.25, 0.3) is 0 Å². The predicted octanol–water partition coefficient (Wildman–Crippen LogP) is 4.34. The van der Waals surface area contributed by atoms with E-state index in [1.165, 1.54) is 12.1 Å². The molecule has 0 radical (unpaired) electrons. The highest BCUT2D eigenvalue weighted by atomic mass is 79.9. The average molecular weight is 295 g/mol. The number of hydrogen-bond donors (Lipinski definition) is 1. The minimum Gasteiger partial charge on any atom is -0.340 e. The second-order valence-electron chi connectivity index (χ2n) is 3.90.